The summed E-state index contributed by atoms with van der Waals surface area (Å²) >= 11 is 0. The Hall–Kier alpha value is -4.62. The first-order chi connectivity index (χ1) is 18.6. The third-order valence-electron chi connectivity index (χ3n) is 8.03. The van der Waals surface area contributed by atoms with Gasteiger partial charge < -0.3 is 4.90 Å². The van der Waals surface area contributed by atoms with Crippen LogP contribution in [0.25, 0.3) is 33.0 Å². The lowest BCUT2D eigenvalue weighted by molar-refractivity contribution is 0.666. The van der Waals surface area contributed by atoms with Gasteiger partial charge in [-0.25, -0.2) is 0 Å². The van der Waals surface area contributed by atoms with Gasteiger partial charge in [0.2, 0.25) is 0 Å². The van der Waals surface area contributed by atoms with Crippen LogP contribution in [-0.4, -0.2) is 0 Å². The van der Waals surface area contributed by atoms with Crippen LogP contribution in [0.15, 0.2) is 140 Å². The second-order valence-electron chi connectivity index (χ2n) is 10.6. The van der Waals surface area contributed by atoms with Gasteiger partial charge in [0.05, 0.1) is 0 Å². The third kappa shape index (κ3) is 3.55. The lowest BCUT2D eigenvalue weighted by Gasteiger charge is -2.28. The zero-order valence-corrected chi connectivity index (χ0v) is 21.7. The van der Waals surface area contributed by atoms with Crippen LogP contribution in [0.5, 0.6) is 0 Å². The van der Waals surface area contributed by atoms with E-state index in [1.54, 1.807) is 0 Å². The van der Waals surface area contributed by atoms with Crippen molar-refractivity contribution >= 4 is 27.8 Å². The van der Waals surface area contributed by atoms with E-state index in [0.29, 0.717) is 0 Å². The number of rotatable bonds is 4. The van der Waals surface area contributed by atoms with Crippen molar-refractivity contribution in [2.24, 2.45) is 0 Å². The van der Waals surface area contributed by atoms with Crippen molar-refractivity contribution in [3.8, 4) is 22.3 Å². The summed E-state index contributed by atoms with van der Waals surface area (Å²) in [6, 6.07) is 50.5. The second-order valence-corrected chi connectivity index (χ2v) is 10.6. The van der Waals surface area contributed by atoms with Crippen molar-refractivity contribution in [2.75, 3.05) is 4.90 Å². The highest BCUT2D eigenvalue weighted by Gasteiger charge is 2.37. The standard InChI is InChI=1S/C37H29N.H2/c1-37(2)35-25-31(22-24-33(35)34-23-19-28-13-9-10-16-32(28)36(34)37)38(29-14-7-4-8-15-29)30-20-17-27(18-21-30)26-11-5-3-6-12-26;/h3-25H,1-2H3;1H/i;1+2. The van der Waals surface area contributed by atoms with Crippen molar-refractivity contribution in [2.45, 2.75) is 19.3 Å². The fourth-order valence-corrected chi connectivity index (χ4v) is 6.19. The van der Waals surface area contributed by atoms with Crippen LogP contribution in [0.2, 0.25) is 0 Å². The Kier molecular flexibility index (Phi) is 5.19. The van der Waals surface area contributed by atoms with Gasteiger partial charge in [-0.15, -0.1) is 0 Å². The first-order valence-corrected chi connectivity index (χ1v) is 13.3. The molecular weight excluding hydrogens is 458 g/mol. The highest BCUT2D eigenvalue weighted by Crippen LogP contribution is 2.52. The van der Waals surface area contributed by atoms with Gasteiger partial charge in [0.1, 0.15) is 0 Å². The SMILES string of the molecule is CC1(C)c2cc(N(c3ccccc3)c3ccc(-c4ccccc4)cc3)ccc2-c2ccc3ccccc3c21.[3HH]. The van der Waals surface area contributed by atoms with E-state index in [9.17, 15) is 0 Å². The summed E-state index contributed by atoms with van der Waals surface area (Å²) in [5.41, 5.74) is 11.3. The Morgan fingerprint density at radius 3 is 1.84 bits per heavy atom. The summed E-state index contributed by atoms with van der Waals surface area (Å²) in [6.07, 6.45) is 0. The molecule has 0 fully saturated rings. The fourth-order valence-electron chi connectivity index (χ4n) is 6.19. The van der Waals surface area contributed by atoms with Crippen LogP contribution in [0.3, 0.4) is 0 Å². The summed E-state index contributed by atoms with van der Waals surface area (Å²) in [5, 5.41) is 2.65. The molecule has 0 atom stereocenters. The van der Waals surface area contributed by atoms with Gasteiger partial charge in [0.15, 0.2) is 0 Å². The van der Waals surface area contributed by atoms with E-state index in [1.807, 2.05) is 0 Å². The molecule has 0 aromatic heterocycles. The van der Waals surface area contributed by atoms with Gasteiger partial charge in [-0.1, -0.05) is 117 Å². The first-order valence-electron chi connectivity index (χ1n) is 13.3. The van der Waals surface area contributed by atoms with Crippen LogP contribution in [0.1, 0.15) is 26.4 Å². The maximum atomic E-state index is 2.40. The average Bonchev–Trinajstić information content (AvgIpc) is 3.21. The lowest BCUT2D eigenvalue weighted by atomic mass is 9.80. The molecular formula is C37H31N. The summed E-state index contributed by atoms with van der Waals surface area (Å²) in [7, 11) is 0. The molecule has 7 rings (SSSR count). The number of benzene rings is 6. The maximum absolute atomic E-state index is 2.40. The smallest absolute Gasteiger partial charge is 0.0465 e. The molecule has 1 aliphatic carbocycles. The number of nitrogens with zero attached hydrogens (tertiary/aromatic N) is 1. The van der Waals surface area contributed by atoms with Crippen molar-refractivity contribution < 1.29 is 1.43 Å². The van der Waals surface area contributed by atoms with Gasteiger partial charge in [-0.3, -0.25) is 0 Å². The van der Waals surface area contributed by atoms with Crippen LogP contribution in [-0.2, 0) is 5.41 Å². The van der Waals surface area contributed by atoms with E-state index in [0.717, 1.165) is 11.4 Å². The quantitative estimate of drug-likeness (QED) is 0.237. The summed E-state index contributed by atoms with van der Waals surface area (Å²) in [5.74, 6) is 0. The molecule has 0 amide bonds. The molecule has 0 N–H and O–H groups in total. The van der Waals surface area contributed by atoms with Crippen LogP contribution in [0.4, 0.5) is 17.1 Å². The number of anilines is 3. The van der Waals surface area contributed by atoms with E-state index in [-0.39, 0.29) is 6.84 Å². The maximum Gasteiger partial charge on any atom is 0.0465 e. The molecule has 38 heavy (non-hydrogen) atoms. The molecule has 1 nitrogen and oxygen atoms in total. The minimum Gasteiger partial charge on any atom is -0.310 e. The summed E-state index contributed by atoms with van der Waals surface area (Å²) in [4.78, 5) is 2.37. The zero-order chi connectivity index (χ0) is 25.7. The molecule has 0 heterocycles. The monoisotopic (exact) mass is 491 g/mol. The van der Waals surface area contributed by atoms with Crippen LogP contribution in [0, 0.1) is 0 Å². The van der Waals surface area contributed by atoms with Gasteiger partial charge >= 0.3 is 0 Å². The van der Waals surface area contributed by atoms with Gasteiger partial charge in [0, 0.05) is 23.9 Å². The molecule has 0 saturated heterocycles. The summed E-state index contributed by atoms with van der Waals surface area (Å²) < 4.78 is 0. The van der Waals surface area contributed by atoms with Gasteiger partial charge in [0.25, 0.3) is 0 Å². The molecule has 0 bridgehead atoms. The van der Waals surface area contributed by atoms with Crippen molar-refractivity contribution in [3.63, 3.8) is 0 Å². The van der Waals surface area contributed by atoms with E-state index in [4.69, 9.17) is 0 Å². The number of para-hydroxylation sites is 1. The van der Waals surface area contributed by atoms with E-state index in [2.05, 4.69) is 158 Å². The number of hydrogen-bond donors (Lipinski definition) is 0. The molecule has 1 heteroatoms. The molecule has 0 unspecified atom stereocenters. The molecule has 0 aliphatic heterocycles. The number of hydrogen-bond acceptors (Lipinski definition) is 1. The lowest BCUT2D eigenvalue weighted by Crippen LogP contribution is -2.17. The van der Waals surface area contributed by atoms with Gasteiger partial charge in [-0.05, 0) is 80.6 Å². The van der Waals surface area contributed by atoms with Crippen LogP contribution < -0.4 is 4.90 Å². The topological polar surface area (TPSA) is 3.24 Å². The minimum absolute atomic E-state index is 0. The second kappa shape index (κ2) is 8.75. The van der Waals surface area contributed by atoms with Gasteiger partial charge in [-0.2, -0.15) is 0 Å². The molecule has 0 spiro atoms. The Bertz CT molecular complexity index is 1770. The first kappa shape index (κ1) is 22.6. The van der Waals surface area contributed by atoms with Crippen LogP contribution >= 0.6 is 0 Å². The predicted molar refractivity (Wildman–Crippen MR) is 164 cm³/mol. The fraction of sp³-hybridized carbons (Fsp3) is 0.0811. The summed E-state index contributed by atoms with van der Waals surface area (Å²) in [6.45, 7) is 4.74. The van der Waals surface area contributed by atoms with E-state index < -0.39 is 0 Å². The Morgan fingerprint density at radius 1 is 0.500 bits per heavy atom. The highest BCUT2D eigenvalue weighted by atomic mass is 15.1. The Balaban J connectivity index is 0.00000277. The molecule has 184 valence electrons. The minimum atomic E-state index is -0.0962. The van der Waals surface area contributed by atoms with E-state index in [1.165, 1.54) is 49.8 Å². The molecule has 6 aromatic rings. The Morgan fingerprint density at radius 2 is 1.08 bits per heavy atom. The molecule has 6 aromatic carbocycles. The van der Waals surface area contributed by atoms with Crippen molar-refractivity contribution in [3.05, 3.63) is 151 Å². The molecule has 0 radical (unpaired) electrons. The largest absolute Gasteiger partial charge is 0.310 e. The zero-order valence-electron chi connectivity index (χ0n) is 21.7. The van der Waals surface area contributed by atoms with Crippen molar-refractivity contribution in [1.82, 2.24) is 0 Å². The third-order valence-corrected chi connectivity index (χ3v) is 8.03. The highest BCUT2D eigenvalue weighted by molar-refractivity contribution is 5.98. The van der Waals surface area contributed by atoms with E-state index >= 15 is 0 Å². The number of fused-ring (bicyclic) bond motifs is 5. The van der Waals surface area contributed by atoms with Crippen molar-refractivity contribution in [1.29, 1.82) is 0 Å². The predicted octanol–water partition coefficient (Wildman–Crippen LogP) is 10.5. The normalized spacial score (nSPS) is 13.2. The molecule has 1 aliphatic rings. The molecule has 0 saturated carbocycles. The average molecular weight is 492 g/mol. The Labute approximate surface area is 226 Å².